The lowest BCUT2D eigenvalue weighted by molar-refractivity contribution is -0.141. The molecule has 0 aromatic heterocycles. The van der Waals surface area contributed by atoms with Crippen molar-refractivity contribution >= 4 is 40.2 Å². The number of aliphatic carboxylic acids is 1. The lowest BCUT2D eigenvalue weighted by Gasteiger charge is -2.31. The quantitative estimate of drug-likeness (QED) is 0.700. The Balaban J connectivity index is 1.84. The van der Waals surface area contributed by atoms with Crippen molar-refractivity contribution in [1.29, 1.82) is 0 Å². The fourth-order valence-corrected chi connectivity index (χ4v) is 3.71. The molecule has 0 radical (unpaired) electrons. The molecule has 0 fully saturated rings. The largest absolute Gasteiger partial charge is 0.480 e. The average Bonchev–Trinajstić information content (AvgIpc) is 2.67. The van der Waals surface area contributed by atoms with Crippen molar-refractivity contribution in [3.05, 3.63) is 82.4 Å². The Morgan fingerprint density at radius 2 is 1.59 bits per heavy atom. The molecule has 0 unspecified atom stereocenters. The van der Waals surface area contributed by atoms with Crippen LogP contribution in [0.5, 0.6) is 0 Å². The Hall–Kier alpha value is -3.18. The molecule has 5 nitrogen and oxygen atoms in total. The molecule has 0 spiro atoms. The SMILES string of the molecule is O=C(O)[C@@H](Cc1ccccc1)N1C(=O)c2cccc3c(Cl)ccc(c23)C1=O. The predicted molar refractivity (Wildman–Crippen MR) is 101 cm³/mol. The van der Waals surface area contributed by atoms with E-state index < -0.39 is 23.8 Å². The summed E-state index contributed by atoms with van der Waals surface area (Å²) in [6, 6.07) is 15.7. The summed E-state index contributed by atoms with van der Waals surface area (Å²) in [7, 11) is 0. The summed E-state index contributed by atoms with van der Waals surface area (Å²) in [4.78, 5) is 38.9. The first-order valence-corrected chi connectivity index (χ1v) is 8.72. The summed E-state index contributed by atoms with van der Waals surface area (Å²) >= 11 is 6.20. The number of benzene rings is 3. The fourth-order valence-electron chi connectivity index (χ4n) is 3.49. The van der Waals surface area contributed by atoms with Gasteiger partial charge in [-0.25, -0.2) is 4.79 Å². The minimum absolute atomic E-state index is 0.0343. The molecular weight excluding hydrogens is 366 g/mol. The Kier molecular flexibility index (Phi) is 4.16. The van der Waals surface area contributed by atoms with Gasteiger partial charge in [0.05, 0.1) is 0 Å². The first-order chi connectivity index (χ1) is 13.0. The van der Waals surface area contributed by atoms with Gasteiger partial charge < -0.3 is 5.11 Å². The Labute approximate surface area is 159 Å². The molecule has 1 atom stereocenters. The third kappa shape index (κ3) is 2.76. The molecule has 1 aliphatic rings. The maximum Gasteiger partial charge on any atom is 0.327 e. The lowest BCUT2D eigenvalue weighted by Crippen LogP contribution is -2.51. The summed E-state index contributed by atoms with van der Waals surface area (Å²) in [6.07, 6.45) is 0.0343. The van der Waals surface area contributed by atoms with Gasteiger partial charge in [0.2, 0.25) is 0 Å². The molecule has 4 rings (SSSR count). The maximum absolute atomic E-state index is 13.1. The number of nitrogens with zero attached hydrogens (tertiary/aromatic N) is 1. The van der Waals surface area contributed by atoms with Crippen molar-refractivity contribution in [3.8, 4) is 0 Å². The molecule has 0 saturated heterocycles. The molecule has 1 N–H and O–H groups in total. The van der Waals surface area contributed by atoms with Gasteiger partial charge in [0.25, 0.3) is 11.8 Å². The van der Waals surface area contributed by atoms with Gasteiger partial charge in [-0.15, -0.1) is 0 Å². The molecule has 3 aromatic rings. The zero-order valence-electron chi connectivity index (χ0n) is 14.1. The van der Waals surface area contributed by atoms with E-state index >= 15 is 0 Å². The van der Waals surface area contributed by atoms with Crippen molar-refractivity contribution < 1.29 is 19.5 Å². The molecule has 134 valence electrons. The lowest BCUT2D eigenvalue weighted by atomic mass is 9.92. The van der Waals surface area contributed by atoms with E-state index in [0.717, 1.165) is 10.5 Å². The monoisotopic (exact) mass is 379 g/mol. The highest BCUT2D eigenvalue weighted by atomic mass is 35.5. The third-order valence-corrected chi connectivity index (χ3v) is 5.08. The molecule has 2 amide bonds. The van der Waals surface area contributed by atoms with Crippen LogP contribution in [-0.2, 0) is 11.2 Å². The molecule has 0 saturated carbocycles. The Morgan fingerprint density at radius 1 is 0.926 bits per heavy atom. The topological polar surface area (TPSA) is 74.7 Å². The van der Waals surface area contributed by atoms with Gasteiger partial charge in [0, 0.05) is 33.3 Å². The predicted octanol–water partition coefficient (Wildman–Crippen LogP) is 3.79. The number of carboxylic acids is 1. The molecule has 1 heterocycles. The number of imide groups is 1. The Bertz CT molecular complexity index is 1070. The van der Waals surface area contributed by atoms with Crippen LogP contribution in [0.2, 0.25) is 5.02 Å². The van der Waals surface area contributed by atoms with Crippen molar-refractivity contribution in [2.75, 3.05) is 0 Å². The number of carbonyl (C=O) groups is 3. The van der Waals surface area contributed by atoms with Crippen molar-refractivity contribution in [3.63, 3.8) is 0 Å². The smallest absolute Gasteiger partial charge is 0.327 e. The summed E-state index contributed by atoms with van der Waals surface area (Å²) in [5, 5.41) is 11.2. The van der Waals surface area contributed by atoms with Gasteiger partial charge in [-0.2, -0.15) is 0 Å². The zero-order valence-corrected chi connectivity index (χ0v) is 14.8. The van der Waals surface area contributed by atoms with Crippen molar-refractivity contribution in [2.24, 2.45) is 0 Å². The highest BCUT2D eigenvalue weighted by Crippen LogP contribution is 2.35. The van der Waals surface area contributed by atoms with Gasteiger partial charge in [0.1, 0.15) is 6.04 Å². The molecule has 0 bridgehead atoms. The van der Waals surface area contributed by atoms with Crippen LogP contribution in [0.1, 0.15) is 26.3 Å². The normalized spacial score (nSPS) is 14.5. The number of carboxylic acid groups (broad SMARTS) is 1. The van der Waals surface area contributed by atoms with E-state index in [0.29, 0.717) is 15.8 Å². The van der Waals surface area contributed by atoms with Gasteiger partial charge in [-0.3, -0.25) is 14.5 Å². The van der Waals surface area contributed by atoms with Gasteiger partial charge in [-0.1, -0.05) is 54.1 Å². The van der Waals surface area contributed by atoms with Gasteiger partial charge >= 0.3 is 5.97 Å². The van der Waals surface area contributed by atoms with Crippen LogP contribution < -0.4 is 0 Å². The molecular formula is C21H14ClNO4. The van der Waals surface area contributed by atoms with E-state index in [2.05, 4.69) is 0 Å². The summed E-state index contributed by atoms with van der Waals surface area (Å²) in [5.74, 6) is -2.47. The van der Waals surface area contributed by atoms with E-state index in [-0.39, 0.29) is 17.5 Å². The second-order valence-electron chi connectivity index (χ2n) is 6.35. The van der Waals surface area contributed by atoms with Gasteiger partial charge in [-0.05, 0) is 23.8 Å². The number of halogens is 1. The molecule has 27 heavy (non-hydrogen) atoms. The first kappa shape index (κ1) is 17.2. The number of amides is 2. The highest BCUT2D eigenvalue weighted by molar-refractivity contribution is 6.38. The summed E-state index contributed by atoms with van der Waals surface area (Å²) < 4.78 is 0. The molecule has 6 heteroatoms. The standard InChI is InChI=1S/C21H14ClNO4/c22-16-10-9-15-18-13(16)7-4-8-14(18)19(24)23(20(15)25)17(21(26)27)11-12-5-2-1-3-6-12/h1-10,17H,11H2,(H,26,27)/t17-/m1/s1. The summed E-state index contributed by atoms with van der Waals surface area (Å²) in [6.45, 7) is 0. The average molecular weight is 380 g/mol. The van der Waals surface area contributed by atoms with Crippen LogP contribution in [0.4, 0.5) is 0 Å². The Morgan fingerprint density at radius 3 is 2.26 bits per heavy atom. The van der Waals surface area contributed by atoms with E-state index in [9.17, 15) is 19.5 Å². The van der Waals surface area contributed by atoms with Crippen LogP contribution >= 0.6 is 11.6 Å². The van der Waals surface area contributed by atoms with Crippen LogP contribution in [0.15, 0.2) is 60.7 Å². The molecule has 3 aromatic carbocycles. The van der Waals surface area contributed by atoms with E-state index in [4.69, 9.17) is 11.6 Å². The van der Waals surface area contributed by atoms with Gasteiger partial charge in [0.15, 0.2) is 0 Å². The molecule has 0 aliphatic carbocycles. The van der Waals surface area contributed by atoms with E-state index in [1.807, 2.05) is 6.07 Å². The number of hydrogen-bond donors (Lipinski definition) is 1. The highest BCUT2D eigenvalue weighted by Gasteiger charge is 2.40. The number of carbonyl (C=O) groups excluding carboxylic acids is 2. The minimum atomic E-state index is -1.30. The second-order valence-corrected chi connectivity index (χ2v) is 6.75. The molecule has 1 aliphatic heterocycles. The van der Waals surface area contributed by atoms with Crippen molar-refractivity contribution in [1.82, 2.24) is 4.90 Å². The maximum atomic E-state index is 13.1. The number of rotatable bonds is 4. The van der Waals surface area contributed by atoms with E-state index in [1.54, 1.807) is 48.5 Å². The van der Waals surface area contributed by atoms with E-state index in [1.165, 1.54) is 6.07 Å². The number of hydrogen-bond acceptors (Lipinski definition) is 3. The summed E-state index contributed by atoms with van der Waals surface area (Å²) in [5.41, 5.74) is 1.29. The first-order valence-electron chi connectivity index (χ1n) is 8.35. The fraction of sp³-hybridized carbons (Fsp3) is 0.0952. The van der Waals surface area contributed by atoms with Crippen molar-refractivity contribution in [2.45, 2.75) is 12.5 Å². The van der Waals surface area contributed by atoms with Crippen LogP contribution in [0.25, 0.3) is 10.8 Å². The third-order valence-electron chi connectivity index (χ3n) is 4.75. The second kappa shape index (κ2) is 6.52. The van der Waals surface area contributed by atoms with Crippen LogP contribution in [0, 0.1) is 0 Å². The van der Waals surface area contributed by atoms with Crippen LogP contribution in [-0.4, -0.2) is 33.8 Å². The zero-order chi connectivity index (χ0) is 19.1. The van der Waals surface area contributed by atoms with Crippen LogP contribution in [0.3, 0.4) is 0 Å². The minimum Gasteiger partial charge on any atom is -0.480 e.